The number of hydrogen-bond acceptors (Lipinski definition) is 2. The lowest BCUT2D eigenvalue weighted by atomic mass is 9.99. The second-order valence-corrected chi connectivity index (χ2v) is 5.70. The lowest BCUT2D eigenvalue weighted by Crippen LogP contribution is -2.03. The summed E-state index contributed by atoms with van der Waals surface area (Å²) in [7, 11) is 0. The van der Waals surface area contributed by atoms with Crippen LogP contribution in [0.4, 0.5) is 0 Å². The number of carbonyl (C=O) groups is 1. The second kappa shape index (κ2) is 4.91. The molecular formula is C17H13BrO2. The van der Waals surface area contributed by atoms with Gasteiger partial charge in [-0.05, 0) is 53.0 Å². The average molecular weight is 329 g/mol. The van der Waals surface area contributed by atoms with E-state index in [-0.39, 0.29) is 5.78 Å². The number of fused-ring (bicyclic) bond motifs is 1. The zero-order valence-corrected chi connectivity index (χ0v) is 12.8. The van der Waals surface area contributed by atoms with E-state index in [1.807, 2.05) is 50.2 Å². The molecule has 0 amide bonds. The Labute approximate surface area is 125 Å². The zero-order chi connectivity index (χ0) is 14.3. The van der Waals surface area contributed by atoms with Crippen molar-refractivity contribution in [3.05, 3.63) is 69.4 Å². The van der Waals surface area contributed by atoms with Gasteiger partial charge in [-0.15, -0.1) is 0 Å². The minimum absolute atomic E-state index is 0.0747. The van der Waals surface area contributed by atoms with Gasteiger partial charge in [0.05, 0.1) is 4.47 Å². The smallest absolute Gasteiger partial charge is 0.228 e. The molecule has 0 bridgehead atoms. The van der Waals surface area contributed by atoms with E-state index in [1.54, 1.807) is 6.07 Å². The van der Waals surface area contributed by atoms with E-state index in [9.17, 15) is 4.79 Å². The van der Waals surface area contributed by atoms with Crippen molar-refractivity contribution in [3.8, 4) is 0 Å². The summed E-state index contributed by atoms with van der Waals surface area (Å²) in [4.78, 5) is 12.6. The highest BCUT2D eigenvalue weighted by Gasteiger charge is 2.17. The molecule has 100 valence electrons. The maximum Gasteiger partial charge on any atom is 0.228 e. The quantitative estimate of drug-likeness (QED) is 0.616. The molecule has 0 fully saturated rings. The predicted octanol–water partition coefficient (Wildman–Crippen LogP) is 5.04. The normalized spacial score (nSPS) is 10.9. The Bertz CT molecular complexity index is 815. The fourth-order valence-electron chi connectivity index (χ4n) is 2.27. The van der Waals surface area contributed by atoms with E-state index in [0.717, 1.165) is 21.0 Å². The van der Waals surface area contributed by atoms with Crippen LogP contribution in [-0.2, 0) is 0 Å². The van der Waals surface area contributed by atoms with Crippen molar-refractivity contribution < 1.29 is 9.21 Å². The molecule has 3 aromatic rings. The molecule has 0 spiro atoms. The summed E-state index contributed by atoms with van der Waals surface area (Å²) >= 11 is 3.44. The molecule has 2 nitrogen and oxygen atoms in total. The third-order valence-corrected chi connectivity index (χ3v) is 4.19. The molecule has 0 unspecified atom stereocenters. The molecule has 0 saturated carbocycles. The molecular weight excluding hydrogens is 316 g/mol. The Morgan fingerprint density at radius 3 is 2.60 bits per heavy atom. The van der Waals surface area contributed by atoms with Gasteiger partial charge in [0, 0.05) is 10.9 Å². The zero-order valence-electron chi connectivity index (χ0n) is 11.2. The fraction of sp³-hybridized carbons (Fsp3) is 0.118. The number of rotatable bonds is 2. The van der Waals surface area contributed by atoms with Crippen LogP contribution in [0, 0.1) is 13.8 Å². The summed E-state index contributed by atoms with van der Waals surface area (Å²) in [6, 6.07) is 13.3. The molecule has 0 aliphatic heterocycles. The topological polar surface area (TPSA) is 30.2 Å². The number of para-hydroxylation sites is 1. The molecule has 0 aliphatic rings. The highest BCUT2D eigenvalue weighted by atomic mass is 79.9. The molecule has 0 aliphatic carbocycles. The lowest BCUT2D eigenvalue weighted by molar-refractivity contribution is 0.101. The van der Waals surface area contributed by atoms with E-state index in [0.29, 0.717) is 16.9 Å². The fourth-order valence-corrected chi connectivity index (χ4v) is 2.73. The predicted molar refractivity (Wildman–Crippen MR) is 83.3 cm³/mol. The molecule has 20 heavy (non-hydrogen) atoms. The summed E-state index contributed by atoms with van der Waals surface area (Å²) in [5, 5.41) is 0.924. The highest BCUT2D eigenvalue weighted by molar-refractivity contribution is 9.10. The minimum Gasteiger partial charge on any atom is -0.451 e. The number of benzene rings is 2. The van der Waals surface area contributed by atoms with Gasteiger partial charge in [-0.3, -0.25) is 4.79 Å². The van der Waals surface area contributed by atoms with Crippen molar-refractivity contribution >= 4 is 32.7 Å². The molecule has 2 aromatic carbocycles. The first kappa shape index (κ1) is 13.1. The Balaban J connectivity index is 2.13. The maximum absolute atomic E-state index is 12.6. The van der Waals surface area contributed by atoms with Gasteiger partial charge in [0.25, 0.3) is 0 Å². The average Bonchev–Trinajstić information content (AvgIpc) is 2.87. The Morgan fingerprint density at radius 2 is 1.85 bits per heavy atom. The number of aryl methyl sites for hydroxylation is 1. The second-order valence-electron chi connectivity index (χ2n) is 4.85. The van der Waals surface area contributed by atoms with Gasteiger partial charge >= 0.3 is 0 Å². The maximum atomic E-state index is 12.6. The standard InChI is InChI=1S/C17H13BrO2/c1-10-5-3-7-13(11(10)2)16(19)15-9-12-6-4-8-14(18)17(12)20-15/h3-9H,1-2H3. The van der Waals surface area contributed by atoms with Crippen LogP contribution < -0.4 is 0 Å². The van der Waals surface area contributed by atoms with Gasteiger partial charge in [0.2, 0.25) is 5.78 Å². The molecule has 3 heteroatoms. The van der Waals surface area contributed by atoms with E-state index >= 15 is 0 Å². The molecule has 0 N–H and O–H groups in total. The summed E-state index contributed by atoms with van der Waals surface area (Å²) in [6.07, 6.45) is 0. The third-order valence-electron chi connectivity index (χ3n) is 3.57. The first-order chi connectivity index (χ1) is 9.58. The minimum atomic E-state index is -0.0747. The van der Waals surface area contributed by atoms with Crippen molar-refractivity contribution in [2.24, 2.45) is 0 Å². The van der Waals surface area contributed by atoms with Gasteiger partial charge in [-0.25, -0.2) is 0 Å². The monoisotopic (exact) mass is 328 g/mol. The van der Waals surface area contributed by atoms with Gasteiger partial charge in [-0.2, -0.15) is 0 Å². The van der Waals surface area contributed by atoms with Crippen molar-refractivity contribution in [2.75, 3.05) is 0 Å². The van der Waals surface area contributed by atoms with E-state index in [4.69, 9.17) is 4.42 Å². The largest absolute Gasteiger partial charge is 0.451 e. The Kier molecular flexibility index (Phi) is 3.22. The van der Waals surface area contributed by atoms with Crippen molar-refractivity contribution in [1.82, 2.24) is 0 Å². The van der Waals surface area contributed by atoms with Crippen molar-refractivity contribution in [3.63, 3.8) is 0 Å². The molecule has 0 atom stereocenters. The molecule has 0 saturated heterocycles. The first-order valence-electron chi connectivity index (χ1n) is 6.37. The number of ketones is 1. The highest BCUT2D eigenvalue weighted by Crippen LogP contribution is 2.28. The van der Waals surface area contributed by atoms with Gasteiger partial charge in [-0.1, -0.05) is 30.3 Å². The third kappa shape index (κ3) is 2.08. The van der Waals surface area contributed by atoms with Crippen LogP contribution in [0.25, 0.3) is 11.0 Å². The van der Waals surface area contributed by atoms with Gasteiger partial charge in [0.1, 0.15) is 5.58 Å². The van der Waals surface area contributed by atoms with Crippen LogP contribution in [0.3, 0.4) is 0 Å². The first-order valence-corrected chi connectivity index (χ1v) is 7.16. The molecule has 3 rings (SSSR count). The van der Waals surface area contributed by atoms with Crippen molar-refractivity contribution in [1.29, 1.82) is 0 Å². The van der Waals surface area contributed by atoms with Crippen LogP contribution in [0.5, 0.6) is 0 Å². The molecule has 0 radical (unpaired) electrons. The van der Waals surface area contributed by atoms with Crippen LogP contribution >= 0.6 is 15.9 Å². The van der Waals surface area contributed by atoms with Crippen LogP contribution in [0.15, 0.2) is 51.4 Å². The van der Waals surface area contributed by atoms with E-state index in [2.05, 4.69) is 15.9 Å². The van der Waals surface area contributed by atoms with Crippen LogP contribution in [0.2, 0.25) is 0 Å². The number of halogens is 1. The van der Waals surface area contributed by atoms with Crippen molar-refractivity contribution in [2.45, 2.75) is 13.8 Å². The Hall–Kier alpha value is -1.87. The van der Waals surface area contributed by atoms with Gasteiger partial charge in [0.15, 0.2) is 5.76 Å². The number of hydrogen-bond donors (Lipinski definition) is 0. The van der Waals surface area contributed by atoms with E-state index in [1.165, 1.54) is 0 Å². The summed E-state index contributed by atoms with van der Waals surface area (Å²) < 4.78 is 6.57. The number of carbonyl (C=O) groups excluding carboxylic acids is 1. The number of furan rings is 1. The summed E-state index contributed by atoms with van der Waals surface area (Å²) in [6.45, 7) is 3.96. The lowest BCUT2D eigenvalue weighted by Gasteiger charge is -2.05. The summed E-state index contributed by atoms with van der Waals surface area (Å²) in [5.41, 5.74) is 3.51. The van der Waals surface area contributed by atoms with Crippen LogP contribution in [0.1, 0.15) is 27.2 Å². The molecule has 1 heterocycles. The summed E-state index contributed by atoms with van der Waals surface area (Å²) in [5.74, 6) is 0.301. The van der Waals surface area contributed by atoms with E-state index < -0.39 is 0 Å². The Morgan fingerprint density at radius 1 is 1.10 bits per heavy atom. The SMILES string of the molecule is Cc1cccc(C(=O)c2cc3cccc(Br)c3o2)c1C. The molecule has 1 aromatic heterocycles. The van der Waals surface area contributed by atoms with Gasteiger partial charge < -0.3 is 4.42 Å². The van der Waals surface area contributed by atoms with Crippen LogP contribution in [-0.4, -0.2) is 5.78 Å².